The highest BCUT2D eigenvalue weighted by Gasteiger charge is 2.19. The summed E-state index contributed by atoms with van der Waals surface area (Å²) in [5, 5.41) is 0. The fourth-order valence-corrected chi connectivity index (χ4v) is 5.39. The minimum atomic E-state index is -0.284. The van der Waals surface area contributed by atoms with Gasteiger partial charge in [-0.25, -0.2) is 0 Å². The van der Waals surface area contributed by atoms with E-state index in [0.29, 0.717) is 0 Å². The summed E-state index contributed by atoms with van der Waals surface area (Å²) in [5.41, 5.74) is 1.21. The zero-order chi connectivity index (χ0) is 8.10. The minimum Gasteiger partial charge on any atom is -0.0718 e. The quantitative estimate of drug-likeness (QED) is 0.568. The molecule has 0 N–H and O–H groups in total. The van der Waals surface area contributed by atoms with E-state index in [0.717, 1.165) is 0 Å². The molecule has 11 heavy (non-hydrogen) atoms. The van der Waals surface area contributed by atoms with Crippen LogP contribution in [0.5, 0.6) is 0 Å². The first-order valence-corrected chi connectivity index (χ1v) is 7.98. The zero-order valence-electron chi connectivity index (χ0n) is 8.10. The molecule has 0 saturated heterocycles. The van der Waals surface area contributed by atoms with Crippen LogP contribution in [0.15, 0.2) is 0 Å². The second-order valence-electron chi connectivity index (χ2n) is 4.16. The van der Waals surface area contributed by atoms with E-state index in [9.17, 15) is 0 Å². The van der Waals surface area contributed by atoms with Crippen LogP contribution in [0.25, 0.3) is 0 Å². The van der Waals surface area contributed by atoms with E-state index in [1.54, 1.807) is 18.9 Å². The van der Waals surface area contributed by atoms with Gasteiger partial charge in [-0.05, 0) is 5.54 Å². The summed E-state index contributed by atoms with van der Waals surface area (Å²) >= 11 is 0. The molecule has 0 heterocycles. The Kier molecular flexibility index (Phi) is 4.20. The molecule has 0 amide bonds. The van der Waals surface area contributed by atoms with Crippen LogP contribution in [0, 0.1) is 0 Å². The average Bonchev–Trinajstić information content (AvgIpc) is 2.07. The van der Waals surface area contributed by atoms with Crippen LogP contribution in [-0.2, 0) is 0 Å². The van der Waals surface area contributed by atoms with Crippen LogP contribution in [0.1, 0.15) is 45.4 Å². The average molecular weight is 170 g/mol. The van der Waals surface area contributed by atoms with E-state index in [4.69, 9.17) is 0 Å². The number of rotatable bonds is 3. The Morgan fingerprint density at radius 1 is 1.18 bits per heavy atom. The maximum absolute atomic E-state index is 2.58. The first-order chi connectivity index (χ1) is 5.34. The summed E-state index contributed by atoms with van der Waals surface area (Å²) < 4.78 is 0. The van der Waals surface area contributed by atoms with Gasteiger partial charge in [-0.15, -0.1) is 0 Å². The third-order valence-corrected chi connectivity index (χ3v) is 6.96. The highest BCUT2D eigenvalue weighted by Crippen LogP contribution is 2.32. The molecule has 1 unspecified atom stereocenters. The van der Waals surface area contributed by atoms with E-state index >= 15 is 0 Å². The lowest BCUT2D eigenvalue weighted by molar-refractivity contribution is 0.495. The van der Waals surface area contributed by atoms with Crippen LogP contribution in [0.4, 0.5) is 0 Å². The lowest BCUT2D eigenvalue weighted by Crippen LogP contribution is -2.18. The Bertz CT molecular complexity index is 95.0. The molecule has 1 heteroatoms. The molecule has 1 aliphatic carbocycles. The summed E-state index contributed by atoms with van der Waals surface area (Å²) in [6.45, 7) is 4.92. The SMILES string of the molecule is CCC[SiH](C)C1CCCCC1. The topological polar surface area (TPSA) is 0 Å². The van der Waals surface area contributed by atoms with Crippen molar-refractivity contribution in [1.82, 2.24) is 0 Å². The van der Waals surface area contributed by atoms with Crippen molar-refractivity contribution in [3.63, 3.8) is 0 Å². The van der Waals surface area contributed by atoms with Gasteiger partial charge in [0.15, 0.2) is 0 Å². The number of hydrogen-bond donors (Lipinski definition) is 0. The van der Waals surface area contributed by atoms with E-state index in [-0.39, 0.29) is 8.80 Å². The summed E-state index contributed by atoms with van der Waals surface area (Å²) in [4.78, 5) is 0. The highest BCUT2D eigenvalue weighted by molar-refractivity contribution is 6.58. The summed E-state index contributed by atoms with van der Waals surface area (Å²) in [6.07, 6.45) is 9.17. The van der Waals surface area contributed by atoms with Crippen molar-refractivity contribution in [1.29, 1.82) is 0 Å². The first kappa shape index (κ1) is 9.31. The fourth-order valence-electron chi connectivity index (χ4n) is 2.39. The molecular formula is C10H22Si. The van der Waals surface area contributed by atoms with Crippen molar-refractivity contribution in [2.24, 2.45) is 0 Å². The Labute approximate surface area is 73.0 Å². The predicted octanol–water partition coefficient (Wildman–Crippen LogP) is 3.59. The van der Waals surface area contributed by atoms with Crippen LogP contribution in [-0.4, -0.2) is 8.80 Å². The molecule has 1 atom stereocenters. The van der Waals surface area contributed by atoms with Crippen molar-refractivity contribution in [2.45, 2.75) is 63.6 Å². The zero-order valence-corrected chi connectivity index (χ0v) is 9.26. The van der Waals surface area contributed by atoms with Gasteiger partial charge in [0, 0.05) is 8.80 Å². The summed E-state index contributed by atoms with van der Waals surface area (Å²) in [7, 11) is -0.284. The fraction of sp³-hybridized carbons (Fsp3) is 1.00. The van der Waals surface area contributed by atoms with Gasteiger partial charge < -0.3 is 0 Å². The summed E-state index contributed by atoms with van der Waals surface area (Å²) in [6, 6.07) is 1.59. The van der Waals surface area contributed by atoms with E-state index in [1.165, 1.54) is 31.2 Å². The minimum absolute atomic E-state index is 0.284. The molecule has 0 spiro atoms. The van der Waals surface area contributed by atoms with Gasteiger partial charge in [0.05, 0.1) is 0 Å². The Morgan fingerprint density at radius 3 is 2.36 bits per heavy atom. The Hall–Kier alpha value is 0.217. The lowest BCUT2D eigenvalue weighted by atomic mass is 10.0. The molecule has 66 valence electrons. The van der Waals surface area contributed by atoms with E-state index in [1.807, 2.05) is 0 Å². The molecule has 1 rings (SSSR count). The number of hydrogen-bond acceptors (Lipinski definition) is 0. The van der Waals surface area contributed by atoms with E-state index in [2.05, 4.69) is 13.5 Å². The molecule has 0 aromatic heterocycles. The second kappa shape index (κ2) is 4.97. The van der Waals surface area contributed by atoms with E-state index < -0.39 is 0 Å². The van der Waals surface area contributed by atoms with Gasteiger partial charge in [-0.3, -0.25) is 0 Å². The Balaban J connectivity index is 2.21. The van der Waals surface area contributed by atoms with Gasteiger partial charge in [0.2, 0.25) is 0 Å². The highest BCUT2D eigenvalue weighted by atomic mass is 28.3. The smallest absolute Gasteiger partial charge is 0.0367 e. The molecule has 1 aliphatic rings. The molecule has 0 aromatic rings. The summed E-state index contributed by atoms with van der Waals surface area (Å²) in [5.74, 6) is 0. The van der Waals surface area contributed by atoms with Crippen molar-refractivity contribution in [3.8, 4) is 0 Å². The molecule has 0 bridgehead atoms. The lowest BCUT2D eigenvalue weighted by Gasteiger charge is -2.26. The van der Waals surface area contributed by atoms with Crippen molar-refractivity contribution >= 4 is 8.80 Å². The van der Waals surface area contributed by atoms with Crippen LogP contribution < -0.4 is 0 Å². The maximum atomic E-state index is 2.58. The Morgan fingerprint density at radius 2 is 1.82 bits per heavy atom. The maximum Gasteiger partial charge on any atom is 0.0367 e. The molecule has 1 saturated carbocycles. The van der Waals surface area contributed by atoms with Crippen LogP contribution in [0.2, 0.25) is 18.1 Å². The second-order valence-corrected chi connectivity index (χ2v) is 7.64. The monoisotopic (exact) mass is 170 g/mol. The van der Waals surface area contributed by atoms with Crippen molar-refractivity contribution in [3.05, 3.63) is 0 Å². The normalized spacial score (nSPS) is 23.5. The first-order valence-electron chi connectivity index (χ1n) is 5.34. The third-order valence-electron chi connectivity index (χ3n) is 3.20. The van der Waals surface area contributed by atoms with Crippen molar-refractivity contribution in [2.75, 3.05) is 0 Å². The van der Waals surface area contributed by atoms with Gasteiger partial charge >= 0.3 is 0 Å². The van der Waals surface area contributed by atoms with Crippen molar-refractivity contribution < 1.29 is 0 Å². The molecule has 0 radical (unpaired) electrons. The standard InChI is InChI=1S/C10H22Si/c1-3-9-11(2)10-7-5-4-6-8-10/h10-11H,3-9H2,1-2H3. The third kappa shape index (κ3) is 2.98. The van der Waals surface area contributed by atoms with Gasteiger partial charge in [-0.1, -0.05) is 58.0 Å². The molecule has 0 nitrogen and oxygen atoms in total. The molecule has 0 aliphatic heterocycles. The molecule has 0 aromatic carbocycles. The van der Waals surface area contributed by atoms with Gasteiger partial charge in [-0.2, -0.15) is 0 Å². The molecular weight excluding hydrogens is 148 g/mol. The largest absolute Gasteiger partial charge is 0.0718 e. The predicted molar refractivity (Wildman–Crippen MR) is 54.9 cm³/mol. The van der Waals surface area contributed by atoms with Crippen LogP contribution >= 0.6 is 0 Å². The molecule has 1 fully saturated rings. The van der Waals surface area contributed by atoms with Gasteiger partial charge in [0.1, 0.15) is 0 Å². The van der Waals surface area contributed by atoms with Gasteiger partial charge in [0.25, 0.3) is 0 Å². The van der Waals surface area contributed by atoms with Crippen LogP contribution in [0.3, 0.4) is 0 Å².